The molecule has 0 aromatic heterocycles. The maximum atomic E-state index is 11.7. The Morgan fingerprint density at radius 1 is 1.14 bits per heavy atom. The molecule has 2 rings (SSSR count). The molecule has 118 valence electrons. The molecular formula is C17H19ClO3S. The molecule has 0 fully saturated rings. The van der Waals surface area contributed by atoms with Crippen molar-refractivity contribution in [3.8, 4) is 5.75 Å². The van der Waals surface area contributed by atoms with E-state index in [2.05, 4.69) is 0 Å². The zero-order valence-electron chi connectivity index (χ0n) is 12.8. The van der Waals surface area contributed by atoms with E-state index >= 15 is 0 Å². The summed E-state index contributed by atoms with van der Waals surface area (Å²) in [5.41, 5.74) is 2.48. The molecule has 0 radical (unpaired) electrons. The third-order valence-corrected chi connectivity index (χ3v) is 4.81. The Hall–Kier alpha value is -1.52. The summed E-state index contributed by atoms with van der Waals surface area (Å²) >= 11 is 0. The Bertz CT molecular complexity index is 753. The summed E-state index contributed by atoms with van der Waals surface area (Å²) < 4.78 is 29.3. The Balaban J connectivity index is 2.35. The summed E-state index contributed by atoms with van der Waals surface area (Å²) in [6, 6.07) is 13.2. The van der Waals surface area contributed by atoms with E-state index in [1.165, 1.54) is 0 Å². The number of halogens is 1. The fourth-order valence-electron chi connectivity index (χ4n) is 2.23. The molecule has 0 aliphatic rings. The van der Waals surface area contributed by atoms with Crippen LogP contribution in [0, 0.1) is 6.92 Å². The van der Waals surface area contributed by atoms with Gasteiger partial charge in [-0.25, -0.2) is 8.42 Å². The molecule has 0 aliphatic heterocycles. The third kappa shape index (κ3) is 4.02. The first kappa shape index (κ1) is 16.8. The second-order valence-electron chi connectivity index (χ2n) is 5.52. The lowest BCUT2D eigenvalue weighted by Crippen LogP contribution is -2.04. The van der Waals surface area contributed by atoms with Crippen LogP contribution in [0.4, 0.5) is 0 Å². The van der Waals surface area contributed by atoms with E-state index in [1.54, 1.807) is 12.1 Å². The Kier molecular flexibility index (Phi) is 5.14. The van der Waals surface area contributed by atoms with E-state index in [0.29, 0.717) is 17.9 Å². The molecule has 0 N–H and O–H groups in total. The van der Waals surface area contributed by atoms with Crippen molar-refractivity contribution in [2.75, 3.05) is 0 Å². The van der Waals surface area contributed by atoms with E-state index in [-0.39, 0.29) is 10.8 Å². The van der Waals surface area contributed by atoms with Gasteiger partial charge < -0.3 is 4.74 Å². The van der Waals surface area contributed by atoms with Crippen molar-refractivity contribution in [2.24, 2.45) is 0 Å². The van der Waals surface area contributed by atoms with Crippen LogP contribution in [-0.2, 0) is 15.7 Å². The summed E-state index contributed by atoms with van der Waals surface area (Å²) in [6.45, 7) is 6.11. The number of benzene rings is 2. The van der Waals surface area contributed by atoms with Crippen molar-refractivity contribution in [1.29, 1.82) is 0 Å². The van der Waals surface area contributed by atoms with Crippen LogP contribution in [0.3, 0.4) is 0 Å². The second-order valence-corrected chi connectivity index (χ2v) is 8.06. The SMILES string of the molecule is Cc1cc(S(=O)(=O)Cl)c(C(C)C)cc1OCc1ccccc1. The van der Waals surface area contributed by atoms with E-state index in [9.17, 15) is 8.42 Å². The monoisotopic (exact) mass is 338 g/mol. The van der Waals surface area contributed by atoms with Crippen molar-refractivity contribution < 1.29 is 13.2 Å². The molecular weight excluding hydrogens is 320 g/mol. The fraction of sp³-hybridized carbons (Fsp3) is 0.294. The van der Waals surface area contributed by atoms with Crippen LogP contribution in [0.25, 0.3) is 0 Å². The van der Waals surface area contributed by atoms with Crippen molar-refractivity contribution in [2.45, 2.75) is 38.2 Å². The van der Waals surface area contributed by atoms with E-state index in [0.717, 1.165) is 11.1 Å². The summed E-state index contributed by atoms with van der Waals surface area (Å²) in [6.07, 6.45) is 0. The smallest absolute Gasteiger partial charge is 0.261 e. The molecule has 2 aromatic rings. The minimum absolute atomic E-state index is 0.0307. The topological polar surface area (TPSA) is 43.4 Å². The van der Waals surface area contributed by atoms with Crippen molar-refractivity contribution in [3.05, 3.63) is 59.2 Å². The highest BCUT2D eigenvalue weighted by Crippen LogP contribution is 2.33. The Morgan fingerprint density at radius 2 is 1.77 bits per heavy atom. The highest BCUT2D eigenvalue weighted by atomic mass is 35.7. The van der Waals surface area contributed by atoms with Gasteiger partial charge in [-0.1, -0.05) is 44.2 Å². The molecule has 0 aliphatic carbocycles. The van der Waals surface area contributed by atoms with Gasteiger partial charge in [0, 0.05) is 10.7 Å². The average Bonchev–Trinajstić information content (AvgIpc) is 2.45. The van der Waals surface area contributed by atoms with Crippen molar-refractivity contribution >= 4 is 19.7 Å². The quantitative estimate of drug-likeness (QED) is 0.747. The maximum absolute atomic E-state index is 11.7. The van der Waals surface area contributed by atoms with Gasteiger partial charge in [-0.05, 0) is 41.7 Å². The van der Waals surface area contributed by atoms with Gasteiger partial charge in [0.05, 0.1) is 4.90 Å². The van der Waals surface area contributed by atoms with Crippen molar-refractivity contribution in [1.82, 2.24) is 0 Å². The zero-order valence-corrected chi connectivity index (χ0v) is 14.4. The lowest BCUT2D eigenvalue weighted by atomic mass is 10.0. The first-order chi connectivity index (χ1) is 10.3. The molecule has 0 heterocycles. The molecule has 0 atom stereocenters. The summed E-state index contributed by atoms with van der Waals surface area (Å²) in [4.78, 5) is 0.161. The molecule has 0 spiro atoms. The van der Waals surface area contributed by atoms with Gasteiger partial charge in [0.1, 0.15) is 12.4 Å². The lowest BCUT2D eigenvalue weighted by molar-refractivity contribution is 0.303. The van der Waals surface area contributed by atoms with Crippen LogP contribution in [0.2, 0.25) is 0 Å². The van der Waals surface area contributed by atoms with Crippen LogP contribution in [-0.4, -0.2) is 8.42 Å². The van der Waals surface area contributed by atoms with Crippen LogP contribution < -0.4 is 4.74 Å². The molecule has 22 heavy (non-hydrogen) atoms. The molecule has 0 amide bonds. The Morgan fingerprint density at radius 3 is 2.32 bits per heavy atom. The molecule has 2 aromatic carbocycles. The minimum Gasteiger partial charge on any atom is -0.489 e. The van der Waals surface area contributed by atoms with Crippen LogP contribution >= 0.6 is 10.7 Å². The van der Waals surface area contributed by atoms with E-state index in [1.807, 2.05) is 51.1 Å². The van der Waals surface area contributed by atoms with Gasteiger partial charge in [0.25, 0.3) is 9.05 Å². The first-order valence-corrected chi connectivity index (χ1v) is 9.36. The second kappa shape index (κ2) is 6.71. The summed E-state index contributed by atoms with van der Waals surface area (Å²) in [5.74, 6) is 0.708. The number of aryl methyl sites for hydroxylation is 1. The van der Waals surface area contributed by atoms with Gasteiger partial charge >= 0.3 is 0 Å². The minimum atomic E-state index is -3.77. The largest absolute Gasteiger partial charge is 0.489 e. The third-order valence-electron chi connectivity index (χ3n) is 3.43. The zero-order chi connectivity index (χ0) is 16.3. The van der Waals surface area contributed by atoms with E-state index in [4.69, 9.17) is 15.4 Å². The van der Waals surface area contributed by atoms with E-state index < -0.39 is 9.05 Å². The number of rotatable bonds is 5. The van der Waals surface area contributed by atoms with Gasteiger partial charge in [-0.3, -0.25) is 0 Å². The number of hydrogen-bond acceptors (Lipinski definition) is 3. The molecule has 0 bridgehead atoms. The molecule has 0 saturated heterocycles. The lowest BCUT2D eigenvalue weighted by Gasteiger charge is -2.16. The average molecular weight is 339 g/mol. The van der Waals surface area contributed by atoms with Crippen LogP contribution in [0.5, 0.6) is 5.75 Å². The van der Waals surface area contributed by atoms with Gasteiger partial charge in [0.2, 0.25) is 0 Å². The van der Waals surface area contributed by atoms with Gasteiger partial charge in [-0.15, -0.1) is 0 Å². The van der Waals surface area contributed by atoms with Crippen LogP contribution in [0.1, 0.15) is 36.5 Å². The standard InChI is InChI=1S/C17H19ClO3S/c1-12(2)15-10-16(13(3)9-17(15)22(18,19)20)21-11-14-7-5-4-6-8-14/h4-10,12H,11H2,1-3H3. The summed E-state index contributed by atoms with van der Waals surface area (Å²) in [7, 11) is 1.77. The first-order valence-electron chi connectivity index (χ1n) is 7.05. The fourth-order valence-corrected chi connectivity index (χ4v) is 3.53. The number of hydrogen-bond donors (Lipinski definition) is 0. The van der Waals surface area contributed by atoms with Crippen LogP contribution in [0.15, 0.2) is 47.4 Å². The normalized spacial score (nSPS) is 11.7. The maximum Gasteiger partial charge on any atom is 0.261 e. The summed E-state index contributed by atoms with van der Waals surface area (Å²) in [5, 5.41) is 0. The van der Waals surface area contributed by atoms with Gasteiger partial charge in [-0.2, -0.15) is 0 Å². The molecule has 0 saturated carbocycles. The molecule has 3 nitrogen and oxygen atoms in total. The number of ether oxygens (including phenoxy) is 1. The Labute approximate surface area is 136 Å². The predicted octanol–water partition coefficient (Wildman–Crippen LogP) is 4.62. The molecule has 0 unspecified atom stereocenters. The molecule has 5 heteroatoms. The van der Waals surface area contributed by atoms with Crippen molar-refractivity contribution in [3.63, 3.8) is 0 Å². The highest BCUT2D eigenvalue weighted by molar-refractivity contribution is 8.13. The van der Waals surface area contributed by atoms with Gasteiger partial charge in [0.15, 0.2) is 0 Å². The highest BCUT2D eigenvalue weighted by Gasteiger charge is 2.20. The predicted molar refractivity (Wildman–Crippen MR) is 89.1 cm³/mol.